The number of anilines is 1. The van der Waals surface area contributed by atoms with Crippen molar-refractivity contribution in [1.82, 2.24) is 19.7 Å². The summed E-state index contributed by atoms with van der Waals surface area (Å²) in [5.41, 5.74) is 0.630. The number of aliphatic hydroxyl groups is 1. The van der Waals surface area contributed by atoms with Crippen LogP contribution in [0, 0.1) is 5.82 Å². The second-order valence-electron chi connectivity index (χ2n) is 4.66. The number of halogens is 1. The highest BCUT2D eigenvalue weighted by molar-refractivity contribution is 5.36. The molecule has 2 aromatic heterocycles. The lowest BCUT2D eigenvalue weighted by atomic mass is 10.1. The molecule has 3 rings (SSSR count). The van der Waals surface area contributed by atoms with E-state index < -0.39 is 6.10 Å². The fourth-order valence-electron chi connectivity index (χ4n) is 1.96. The molecule has 6 nitrogen and oxygen atoms in total. The van der Waals surface area contributed by atoms with Crippen molar-refractivity contribution in [3.63, 3.8) is 0 Å². The molecular weight excluding hydrogens is 285 g/mol. The minimum absolute atomic E-state index is 0.239. The first kappa shape index (κ1) is 14.2. The molecule has 0 saturated heterocycles. The fraction of sp³-hybridized carbons (Fsp3) is 0.133. The van der Waals surface area contributed by atoms with Gasteiger partial charge in [0, 0.05) is 18.9 Å². The maximum Gasteiger partial charge on any atom is 0.173 e. The van der Waals surface area contributed by atoms with Crippen LogP contribution in [0.15, 0.2) is 55.1 Å². The fourth-order valence-corrected chi connectivity index (χ4v) is 1.96. The molecule has 0 aliphatic rings. The molecular formula is C15H14FN5O. The van der Waals surface area contributed by atoms with Gasteiger partial charge in [-0.05, 0) is 23.8 Å². The zero-order valence-corrected chi connectivity index (χ0v) is 11.6. The summed E-state index contributed by atoms with van der Waals surface area (Å²) in [5, 5.41) is 17.2. The molecule has 0 saturated carbocycles. The van der Waals surface area contributed by atoms with Crippen molar-refractivity contribution < 1.29 is 9.50 Å². The molecule has 112 valence electrons. The zero-order chi connectivity index (χ0) is 15.4. The molecule has 7 heteroatoms. The van der Waals surface area contributed by atoms with Crippen LogP contribution in [-0.2, 0) is 0 Å². The van der Waals surface area contributed by atoms with Crippen LogP contribution in [0.5, 0.6) is 0 Å². The van der Waals surface area contributed by atoms with E-state index in [0.717, 1.165) is 0 Å². The van der Waals surface area contributed by atoms with Gasteiger partial charge in [-0.15, -0.1) is 0 Å². The van der Waals surface area contributed by atoms with E-state index in [4.69, 9.17) is 0 Å². The largest absolute Gasteiger partial charge is 0.387 e. The molecule has 3 aromatic rings. The molecule has 0 spiro atoms. The Morgan fingerprint density at radius 2 is 2.05 bits per heavy atom. The van der Waals surface area contributed by atoms with E-state index in [9.17, 15) is 9.50 Å². The Labute approximate surface area is 126 Å². The van der Waals surface area contributed by atoms with Crippen molar-refractivity contribution >= 4 is 5.82 Å². The van der Waals surface area contributed by atoms with Crippen molar-refractivity contribution in [3.8, 4) is 5.82 Å². The second kappa shape index (κ2) is 6.31. The summed E-state index contributed by atoms with van der Waals surface area (Å²) in [5.74, 6) is 0.766. The third kappa shape index (κ3) is 3.26. The maximum absolute atomic E-state index is 12.9. The van der Waals surface area contributed by atoms with Gasteiger partial charge in [0.15, 0.2) is 5.82 Å². The van der Waals surface area contributed by atoms with Crippen LogP contribution in [0.3, 0.4) is 0 Å². The molecule has 22 heavy (non-hydrogen) atoms. The minimum Gasteiger partial charge on any atom is -0.387 e. The van der Waals surface area contributed by atoms with Crippen LogP contribution < -0.4 is 5.32 Å². The van der Waals surface area contributed by atoms with E-state index in [2.05, 4.69) is 20.4 Å². The normalized spacial score (nSPS) is 12.1. The number of hydrogen-bond acceptors (Lipinski definition) is 5. The van der Waals surface area contributed by atoms with Crippen LogP contribution in [0.1, 0.15) is 11.7 Å². The number of nitrogens with one attached hydrogen (secondary N) is 1. The van der Waals surface area contributed by atoms with Crippen LogP contribution in [0.2, 0.25) is 0 Å². The molecule has 2 heterocycles. The van der Waals surface area contributed by atoms with Crippen molar-refractivity contribution in [1.29, 1.82) is 0 Å². The average molecular weight is 299 g/mol. The Morgan fingerprint density at radius 3 is 2.77 bits per heavy atom. The van der Waals surface area contributed by atoms with Crippen molar-refractivity contribution in [2.75, 3.05) is 11.9 Å². The average Bonchev–Trinajstić information content (AvgIpc) is 3.08. The van der Waals surface area contributed by atoms with Crippen LogP contribution in [-0.4, -0.2) is 31.4 Å². The van der Waals surface area contributed by atoms with E-state index in [1.54, 1.807) is 47.7 Å². The molecule has 0 fully saturated rings. The van der Waals surface area contributed by atoms with Gasteiger partial charge in [-0.3, -0.25) is 4.98 Å². The lowest BCUT2D eigenvalue weighted by Crippen LogP contribution is -2.14. The maximum atomic E-state index is 12.9. The van der Waals surface area contributed by atoms with Gasteiger partial charge in [0.05, 0.1) is 18.5 Å². The topological polar surface area (TPSA) is 75.9 Å². The number of nitrogens with zero attached hydrogens (tertiary/aromatic N) is 4. The van der Waals surface area contributed by atoms with Crippen molar-refractivity contribution in [2.24, 2.45) is 0 Å². The summed E-state index contributed by atoms with van der Waals surface area (Å²) in [6, 6.07) is 7.52. The number of aliphatic hydroxyl groups excluding tert-OH is 1. The Balaban J connectivity index is 1.66. The highest BCUT2D eigenvalue weighted by atomic mass is 19.1. The molecule has 0 radical (unpaired) electrons. The quantitative estimate of drug-likeness (QED) is 0.753. The van der Waals surface area contributed by atoms with E-state index in [1.807, 2.05) is 0 Å². The van der Waals surface area contributed by atoms with E-state index in [1.165, 1.54) is 12.1 Å². The summed E-state index contributed by atoms with van der Waals surface area (Å²) in [6.45, 7) is 0.239. The number of aromatic nitrogens is 4. The summed E-state index contributed by atoms with van der Waals surface area (Å²) in [4.78, 5) is 8.44. The molecule has 0 amide bonds. The van der Waals surface area contributed by atoms with Crippen LogP contribution >= 0.6 is 0 Å². The molecule has 0 bridgehead atoms. The van der Waals surface area contributed by atoms with Crippen molar-refractivity contribution in [3.05, 3.63) is 66.5 Å². The number of rotatable bonds is 5. The van der Waals surface area contributed by atoms with Crippen LogP contribution in [0.25, 0.3) is 5.82 Å². The third-order valence-corrected chi connectivity index (χ3v) is 3.09. The van der Waals surface area contributed by atoms with Crippen molar-refractivity contribution in [2.45, 2.75) is 6.10 Å². The van der Waals surface area contributed by atoms with E-state index in [0.29, 0.717) is 17.2 Å². The van der Waals surface area contributed by atoms with Gasteiger partial charge in [0.25, 0.3) is 0 Å². The van der Waals surface area contributed by atoms with Gasteiger partial charge in [0.1, 0.15) is 11.6 Å². The molecule has 0 unspecified atom stereocenters. The van der Waals surface area contributed by atoms with Gasteiger partial charge in [0.2, 0.25) is 0 Å². The predicted octanol–water partition coefficient (Wildman–Crippen LogP) is 1.95. The smallest absolute Gasteiger partial charge is 0.173 e. The van der Waals surface area contributed by atoms with Gasteiger partial charge < -0.3 is 10.4 Å². The van der Waals surface area contributed by atoms with Gasteiger partial charge >= 0.3 is 0 Å². The predicted molar refractivity (Wildman–Crippen MR) is 79.0 cm³/mol. The van der Waals surface area contributed by atoms with Crippen LogP contribution in [0.4, 0.5) is 10.2 Å². The summed E-state index contributed by atoms with van der Waals surface area (Å²) >= 11 is 0. The molecule has 2 N–H and O–H groups in total. The molecule has 1 aromatic carbocycles. The van der Waals surface area contributed by atoms with Gasteiger partial charge in [-0.2, -0.15) is 5.10 Å². The third-order valence-electron chi connectivity index (χ3n) is 3.09. The summed E-state index contributed by atoms with van der Waals surface area (Å²) in [7, 11) is 0. The molecule has 1 atom stereocenters. The zero-order valence-electron chi connectivity index (χ0n) is 11.6. The SMILES string of the molecule is O[C@@H](CNc1cncc(-n2cccn2)n1)c1ccc(F)cc1. The number of benzene rings is 1. The molecule has 0 aliphatic heterocycles. The Morgan fingerprint density at radius 1 is 1.23 bits per heavy atom. The number of hydrogen-bond donors (Lipinski definition) is 2. The highest BCUT2D eigenvalue weighted by Crippen LogP contribution is 2.14. The first-order chi connectivity index (χ1) is 10.7. The standard InChI is InChI=1S/C15H14FN5O/c16-12-4-2-11(3-5-12)13(22)8-18-14-9-17-10-15(20-14)21-7-1-6-19-21/h1-7,9-10,13,22H,8H2,(H,18,20)/t13-/m0/s1. The minimum atomic E-state index is -0.768. The van der Waals surface area contributed by atoms with Gasteiger partial charge in [-0.25, -0.2) is 14.1 Å². The van der Waals surface area contributed by atoms with Gasteiger partial charge in [-0.1, -0.05) is 12.1 Å². The summed E-state index contributed by atoms with van der Waals surface area (Å²) in [6.07, 6.45) is 5.80. The second-order valence-corrected chi connectivity index (χ2v) is 4.66. The summed E-state index contributed by atoms with van der Waals surface area (Å²) < 4.78 is 14.4. The van der Waals surface area contributed by atoms with E-state index in [-0.39, 0.29) is 12.4 Å². The lowest BCUT2D eigenvalue weighted by molar-refractivity contribution is 0.191. The lowest BCUT2D eigenvalue weighted by Gasteiger charge is -2.13. The Kier molecular flexibility index (Phi) is 4.06. The Bertz CT molecular complexity index is 730. The first-order valence-corrected chi connectivity index (χ1v) is 6.72. The van der Waals surface area contributed by atoms with E-state index >= 15 is 0 Å². The molecule has 0 aliphatic carbocycles. The monoisotopic (exact) mass is 299 g/mol. The Hall–Kier alpha value is -2.80. The first-order valence-electron chi connectivity index (χ1n) is 6.72. The highest BCUT2D eigenvalue weighted by Gasteiger charge is 2.08.